The SMILES string of the molecule is O=C(O)c1ccc2nc(Cc3ccccc3F)nn2c1. The molecule has 6 heteroatoms. The molecule has 0 aliphatic rings. The zero-order chi connectivity index (χ0) is 14.1. The average Bonchev–Trinajstić information content (AvgIpc) is 2.82. The number of carboxylic acids is 1. The molecule has 0 atom stereocenters. The molecule has 0 saturated heterocycles. The molecule has 20 heavy (non-hydrogen) atoms. The zero-order valence-electron chi connectivity index (χ0n) is 10.3. The number of hydrogen-bond acceptors (Lipinski definition) is 3. The summed E-state index contributed by atoms with van der Waals surface area (Å²) in [7, 11) is 0. The Morgan fingerprint density at radius 1 is 1.25 bits per heavy atom. The van der Waals surface area contributed by atoms with Gasteiger partial charge in [-0.3, -0.25) is 0 Å². The number of carbonyl (C=O) groups is 1. The Kier molecular flexibility index (Phi) is 2.90. The van der Waals surface area contributed by atoms with Crippen LogP contribution in [0.25, 0.3) is 5.65 Å². The van der Waals surface area contributed by atoms with E-state index in [1.165, 1.54) is 22.8 Å². The van der Waals surface area contributed by atoms with Gasteiger partial charge in [0.05, 0.1) is 5.56 Å². The van der Waals surface area contributed by atoms with E-state index >= 15 is 0 Å². The van der Waals surface area contributed by atoms with Crippen molar-refractivity contribution < 1.29 is 14.3 Å². The fraction of sp³-hybridized carbons (Fsp3) is 0.0714. The smallest absolute Gasteiger partial charge is 0.337 e. The van der Waals surface area contributed by atoms with Crippen molar-refractivity contribution in [1.82, 2.24) is 14.6 Å². The lowest BCUT2D eigenvalue weighted by atomic mass is 10.1. The first-order valence-electron chi connectivity index (χ1n) is 5.95. The van der Waals surface area contributed by atoms with Crippen LogP contribution in [0.2, 0.25) is 0 Å². The second kappa shape index (κ2) is 4.73. The summed E-state index contributed by atoms with van der Waals surface area (Å²) in [5, 5.41) is 13.1. The third-order valence-corrected chi connectivity index (χ3v) is 2.93. The van der Waals surface area contributed by atoms with Crippen LogP contribution in [-0.4, -0.2) is 25.7 Å². The number of halogens is 1. The van der Waals surface area contributed by atoms with Gasteiger partial charge in [-0.2, -0.15) is 5.10 Å². The van der Waals surface area contributed by atoms with E-state index in [4.69, 9.17) is 5.11 Å². The van der Waals surface area contributed by atoms with Crippen LogP contribution >= 0.6 is 0 Å². The summed E-state index contributed by atoms with van der Waals surface area (Å²) >= 11 is 0. The average molecular weight is 271 g/mol. The maximum Gasteiger partial charge on any atom is 0.337 e. The van der Waals surface area contributed by atoms with Crippen molar-refractivity contribution in [2.24, 2.45) is 0 Å². The second-order valence-corrected chi connectivity index (χ2v) is 4.32. The summed E-state index contributed by atoms with van der Waals surface area (Å²) < 4.78 is 14.9. The largest absolute Gasteiger partial charge is 0.478 e. The highest BCUT2D eigenvalue weighted by atomic mass is 19.1. The van der Waals surface area contributed by atoms with Gasteiger partial charge in [0.2, 0.25) is 0 Å². The molecular weight excluding hydrogens is 261 g/mol. The molecule has 0 bridgehead atoms. The third-order valence-electron chi connectivity index (χ3n) is 2.93. The van der Waals surface area contributed by atoms with Gasteiger partial charge in [0, 0.05) is 12.6 Å². The molecule has 0 aliphatic heterocycles. The van der Waals surface area contributed by atoms with E-state index in [2.05, 4.69) is 10.1 Å². The van der Waals surface area contributed by atoms with E-state index in [1.54, 1.807) is 24.3 Å². The molecule has 1 aromatic carbocycles. The van der Waals surface area contributed by atoms with Crippen molar-refractivity contribution in [1.29, 1.82) is 0 Å². The summed E-state index contributed by atoms with van der Waals surface area (Å²) in [6.07, 6.45) is 1.65. The number of nitrogens with zero attached hydrogens (tertiary/aromatic N) is 3. The van der Waals surface area contributed by atoms with Crippen molar-refractivity contribution in [3.8, 4) is 0 Å². The first-order valence-corrected chi connectivity index (χ1v) is 5.95. The summed E-state index contributed by atoms with van der Waals surface area (Å²) in [6, 6.07) is 9.45. The Morgan fingerprint density at radius 3 is 2.80 bits per heavy atom. The quantitative estimate of drug-likeness (QED) is 0.792. The predicted molar refractivity (Wildman–Crippen MR) is 69.2 cm³/mol. The lowest BCUT2D eigenvalue weighted by Gasteiger charge is -1.98. The van der Waals surface area contributed by atoms with Crippen LogP contribution in [0.15, 0.2) is 42.6 Å². The molecule has 1 N–H and O–H groups in total. The molecule has 0 amide bonds. The van der Waals surface area contributed by atoms with Gasteiger partial charge in [-0.1, -0.05) is 18.2 Å². The standard InChI is InChI=1S/C14H10FN3O2/c15-11-4-2-1-3-9(11)7-12-16-13-6-5-10(14(19)20)8-18(13)17-12/h1-6,8H,7H2,(H,19,20). The van der Waals surface area contributed by atoms with E-state index in [0.717, 1.165) is 0 Å². The highest BCUT2D eigenvalue weighted by Gasteiger charge is 2.10. The number of benzene rings is 1. The molecule has 0 spiro atoms. The van der Waals surface area contributed by atoms with E-state index in [-0.39, 0.29) is 17.8 Å². The molecule has 0 radical (unpaired) electrons. The molecule has 0 aliphatic carbocycles. The minimum Gasteiger partial charge on any atom is -0.478 e. The maximum atomic E-state index is 13.6. The van der Waals surface area contributed by atoms with Gasteiger partial charge in [-0.15, -0.1) is 0 Å². The highest BCUT2D eigenvalue weighted by Crippen LogP contribution is 2.12. The molecule has 2 aromatic heterocycles. The number of aromatic carboxylic acids is 1. The molecule has 100 valence electrons. The highest BCUT2D eigenvalue weighted by molar-refractivity contribution is 5.87. The number of pyridine rings is 1. The van der Waals surface area contributed by atoms with Gasteiger partial charge in [0.25, 0.3) is 0 Å². The number of hydrogen-bond donors (Lipinski definition) is 1. The van der Waals surface area contributed by atoms with E-state index in [1.807, 2.05) is 0 Å². The van der Waals surface area contributed by atoms with E-state index in [0.29, 0.717) is 17.0 Å². The first kappa shape index (κ1) is 12.3. The molecule has 3 aromatic rings. The number of fused-ring (bicyclic) bond motifs is 1. The lowest BCUT2D eigenvalue weighted by molar-refractivity contribution is 0.0696. The van der Waals surface area contributed by atoms with Gasteiger partial charge >= 0.3 is 5.97 Å². The fourth-order valence-corrected chi connectivity index (χ4v) is 1.94. The molecule has 0 unspecified atom stereocenters. The van der Waals surface area contributed by atoms with Crippen molar-refractivity contribution in [3.05, 3.63) is 65.4 Å². The topological polar surface area (TPSA) is 67.5 Å². The third kappa shape index (κ3) is 2.23. The minimum absolute atomic E-state index is 0.125. The molecule has 5 nitrogen and oxygen atoms in total. The van der Waals surface area contributed by atoms with Crippen LogP contribution < -0.4 is 0 Å². The molecule has 3 rings (SSSR count). The van der Waals surface area contributed by atoms with Crippen molar-refractivity contribution in [2.45, 2.75) is 6.42 Å². The van der Waals surface area contributed by atoms with Gasteiger partial charge in [0.1, 0.15) is 5.82 Å². The number of carboxylic acid groups (broad SMARTS) is 1. The Morgan fingerprint density at radius 2 is 2.05 bits per heavy atom. The molecule has 2 heterocycles. The minimum atomic E-state index is -1.03. The Labute approximate surface area is 113 Å². The summed E-state index contributed by atoms with van der Waals surface area (Å²) in [4.78, 5) is 15.1. The van der Waals surface area contributed by atoms with Gasteiger partial charge in [0.15, 0.2) is 11.5 Å². The molecule has 0 saturated carbocycles. The van der Waals surface area contributed by atoms with Crippen LogP contribution in [0.3, 0.4) is 0 Å². The van der Waals surface area contributed by atoms with Crippen molar-refractivity contribution >= 4 is 11.6 Å². The van der Waals surface area contributed by atoms with E-state index in [9.17, 15) is 9.18 Å². The van der Waals surface area contributed by atoms with E-state index < -0.39 is 5.97 Å². The number of aromatic nitrogens is 3. The molecular formula is C14H10FN3O2. The number of rotatable bonds is 3. The van der Waals surface area contributed by atoms with Crippen molar-refractivity contribution in [2.75, 3.05) is 0 Å². The molecule has 0 fully saturated rings. The monoisotopic (exact) mass is 271 g/mol. The predicted octanol–water partition coefficient (Wildman–Crippen LogP) is 2.16. The fourth-order valence-electron chi connectivity index (χ4n) is 1.94. The van der Waals surface area contributed by atoms with Crippen molar-refractivity contribution in [3.63, 3.8) is 0 Å². The van der Waals surface area contributed by atoms with Crippen LogP contribution in [0.5, 0.6) is 0 Å². The Bertz CT molecular complexity index is 798. The van der Waals surface area contributed by atoms with Gasteiger partial charge < -0.3 is 5.11 Å². The normalized spacial score (nSPS) is 10.8. The zero-order valence-corrected chi connectivity index (χ0v) is 10.3. The van der Waals surface area contributed by atoms with Gasteiger partial charge in [-0.05, 0) is 23.8 Å². The Hall–Kier alpha value is -2.76. The first-order chi connectivity index (χ1) is 9.63. The Balaban J connectivity index is 1.97. The van der Waals surface area contributed by atoms with Crippen LogP contribution in [-0.2, 0) is 6.42 Å². The van der Waals surface area contributed by atoms with Gasteiger partial charge in [-0.25, -0.2) is 18.7 Å². The van der Waals surface area contributed by atoms with Crippen LogP contribution in [0, 0.1) is 5.82 Å². The van der Waals surface area contributed by atoms with Crippen LogP contribution in [0.1, 0.15) is 21.7 Å². The maximum absolute atomic E-state index is 13.6. The summed E-state index contributed by atoms with van der Waals surface area (Å²) in [5.74, 6) is -0.895. The second-order valence-electron chi connectivity index (χ2n) is 4.32. The summed E-state index contributed by atoms with van der Waals surface area (Å²) in [6.45, 7) is 0. The van der Waals surface area contributed by atoms with Crippen LogP contribution in [0.4, 0.5) is 4.39 Å². The lowest BCUT2D eigenvalue weighted by Crippen LogP contribution is -1.99. The summed E-state index contributed by atoms with van der Waals surface area (Å²) in [5.41, 5.74) is 1.16.